The summed E-state index contributed by atoms with van der Waals surface area (Å²) in [6.45, 7) is 1.68. The number of carbonyl (C=O) groups is 1. The quantitative estimate of drug-likeness (QED) is 0.472. The van der Waals surface area contributed by atoms with Gasteiger partial charge in [0.1, 0.15) is 0 Å². The summed E-state index contributed by atoms with van der Waals surface area (Å²) < 4.78 is 0. The van der Waals surface area contributed by atoms with Crippen LogP contribution in [0.1, 0.15) is 0 Å². The van der Waals surface area contributed by atoms with Gasteiger partial charge >= 0.3 is 0 Å². The van der Waals surface area contributed by atoms with Crippen LogP contribution in [0.4, 0.5) is 0 Å². The summed E-state index contributed by atoms with van der Waals surface area (Å²) in [6.07, 6.45) is 0.812. The van der Waals surface area contributed by atoms with E-state index in [2.05, 4.69) is 0 Å². The maximum absolute atomic E-state index is 9.89. The van der Waals surface area contributed by atoms with E-state index in [9.17, 15) is 4.79 Å². The topological polar surface area (TPSA) is 40.5 Å². The molecule has 0 aliphatic carbocycles. The molecule has 1 N–H and O–H groups in total. The van der Waals surface area contributed by atoms with Crippen LogP contribution in [0.15, 0.2) is 0 Å². The van der Waals surface area contributed by atoms with Gasteiger partial charge in [-0.2, -0.15) is 0 Å². The molecule has 1 amide bonds. The van der Waals surface area contributed by atoms with Gasteiger partial charge in [0, 0.05) is 25.6 Å². The Kier molecular flexibility index (Phi) is 1.48. The van der Waals surface area contributed by atoms with Gasteiger partial charge in [0.15, 0.2) is 0 Å². The molecule has 0 atom stereocenters. The third-order valence-corrected chi connectivity index (χ3v) is 1.39. The Hall–Kier alpha value is -0.570. The zero-order valence-electron chi connectivity index (χ0n) is 4.58. The molecule has 0 unspecified atom stereocenters. The molecule has 46 valence electrons. The van der Waals surface area contributed by atoms with Crippen molar-refractivity contribution in [3.63, 3.8) is 0 Å². The van der Waals surface area contributed by atoms with Gasteiger partial charge in [-0.05, 0) is 0 Å². The molecule has 0 radical (unpaired) electrons. The Labute approximate surface area is 47.9 Å². The molecule has 1 heterocycles. The second kappa shape index (κ2) is 2.13. The van der Waals surface area contributed by atoms with Crippen LogP contribution in [0.3, 0.4) is 0 Å². The highest BCUT2D eigenvalue weighted by atomic mass is 16.3. The van der Waals surface area contributed by atoms with Crippen molar-refractivity contribution in [2.45, 2.75) is 0 Å². The fourth-order valence-corrected chi connectivity index (χ4v) is 0.811. The smallest absolute Gasteiger partial charge is 0.209 e. The molecule has 1 fully saturated rings. The first-order valence-electron chi connectivity index (χ1n) is 2.67. The molecule has 0 aromatic carbocycles. The molecule has 0 bridgehead atoms. The Balaban J connectivity index is 2.11. The minimum absolute atomic E-state index is 0.213. The molecule has 0 aromatic heterocycles. The number of hydrogen-bond donors (Lipinski definition) is 1. The Bertz CT molecular complexity index is 88.4. The van der Waals surface area contributed by atoms with Crippen LogP contribution in [0.25, 0.3) is 0 Å². The first-order valence-corrected chi connectivity index (χ1v) is 2.67. The normalized spacial score (nSPS) is 20.4. The van der Waals surface area contributed by atoms with Gasteiger partial charge in [-0.15, -0.1) is 0 Å². The SMILES string of the molecule is O=CN1CC(CO)C1. The van der Waals surface area contributed by atoms with E-state index in [0.29, 0.717) is 5.92 Å². The molecule has 0 aromatic rings. The fraction of sp³-hybridized carbons (Fsp3) is 0.800. The highest BCUT2D eigenvalue weighted by Gasteiger charge is 2.23. The van der Waals surface area contributed by atoms with E-state index in [-0.39, 0.29) is 6.61 Å². The number of amides is 1. The molecule has 1 rings (SSSR count). The van der Waals surface area contributed by atoms with E-state index in [1.165, 1.54) is 0 Å². The summed E-state index contributed by atoms with van der Waals surface area (Å²) in [5.74, 6) is 0.347. The van der Waals surface area contributed by atoms with Crippen LogP contribution in [0, 0.1) is 5.92 Å². The van der Waals surface area contributed by atoms with Gasteiger partial charge in [0.05, 0.1) is 0 Å². The van der Waals surface area contributed by atoms with E-state index >= 15 is 0 Å². The second-order valence-corrected chi connectivity index (χ2v) is 2.11. The van der Waals surface area contributed by atoms with Crippen molar-refractivity contribution in [1.29, 1.82) is 0 Å². The van der Waals surface area contributed by atoms with Crippen LogP contribution < -0.4 is 0 Å². The van der Waals surface area contributed by atoms with Crippen molar-refractivity contribution >= 4 is 6.41 Å². The first kappa shape index (κ1) is 5.56. The molecular weight excluding hydrogens is 106 g/mol. The predicted octanol–water partition coefficient (Wildman–Crippen LogP) is -0.933. The Morgan fingerprint density at radius 1 is 1.75 bits per heavy atom. The molecule has 1 aliphatic rings. The fourth-order valence-electron chi connectivity index (χ4n) is 0.811. The van der Waals surface area contributed by atoms with Crippen molar-refractivity contribution in [1.82, 2.24) is 4.90 Å². The van der Waals surface area contributed by atoms with Crippen LogP contribution in [-0.2, 0) is 4.79 Å². The van der Waals surface area contributed by atoms with Crippen molar-refractivity contribution < 1.29 is 9.90 Å². The average molecular weight is 115 g/mol. The Morgan fingerprint density at radius 2 is 2.38 bits per heavy atom. The molecule has 0 saturated carbocycles. The van der Waals surface area contributed by atoms with Gasteiger partial charge in [0.25, 0.3) is 0 Å². The van der Waals surface area contributed by atoms with Gasteiger partial charge in [0.2, 0.25) is 6.41 Å². The summed E-state index contributed by atoms with van der Waals surface area (Å²) in [5, 5.41) is 8.46. The summed E-state index contributed by atoms with van der Waals surface area (Å²) in [7, 11) is 0. The lowest BCUT2D eigenvalue weighted by Gasteiger charge is -2.34. The van der Waals surface area contributed by atoms with E-state index < -0.39 is 0 Å². The average Bonchev–Trinajstić information content (AvgIpc) is 1.65. The van der Waals surface area contributed by atoms with Crippen molar-refractivity contribution in [3.8, 4) is 0 Å². The summed E-state index contributed by atoms with van der Waals surface area (Å²) in [6, 6.07) is 0. The number of likely N-dealkylation sites (tertiary alicyclic amines) is 1. The number of aliphatic hydroxyl groups excluding tert-OH is 1. The summed E-state index contributed by atoms with van der Waals surface area (Å²) in [4.78, 5) is 11.5. The Morgan fingerprint density at radius 3 is 2.75 bits per heavy atom. The third-order valence-electron chi connectivity index (χ3n) is 1.39. The molecule has 3 heteroatoms. The first-order chi connectivity index (χ1) is 3.86. The zero-order chi connectivity index (χ0) is 5.98. The molecule has 8 heavy (non-hydrogen) atoms. The van der Waals surface area contributed by atoms with Crippen LogP contribution in [0.2, 0.25) is 0 Å². The molecule has 1 aliphatic heterocycles. The van der Waals surface area contributed by atoms with Crippen molar-refractivity contribution in [2.24, 2.45) is 5.92 Å². The minimum Gasteiger partial charge on any atom is -0.396 e. The number of rotatable bonds is 2. The third kappa shape index (κ3) is 0.816. The monoisotopic (exact) mass is 115 g/mol. The highest BCUT2D eigenvalue weighted by Crippen LogP contribution is 2.10. The summed E-state index contributed by atoms with van der Waals surface area (Å²) >= 11 is 0. The van der Waals surface area contributed by atoms with E-state index in [1.807, 2.05) is 0 Å². The number of nitrogens with zero attached hydrogens (tertiary/aromatic N) is 1. The molecule has 1 saturated heterocycles. The van der Waals surface area contributed by atoms with E-state index in [4.69, 9.17) is 5.11 Å². The summed E-state index contributed by atoms with van der Waals surface area (Å²) in [5.41, 5.74) is 0. The largest absolute Gasteiger partial charge is 0.396 e. The van der Waals surface area contributed by atoms with E-state index in [0.717, 1.165) is 19.5 Å². The second-order valence-electron chi connectivity index (χ2n) is 2.11. The maximum atomic E-state index is 9.89. The maximum Gasteiger partial charge on any atom is 0.209 e. The lowest BCUT2D eigenvalue weighted by molar-refractivity contribution is -0.124. The van der Waals surface area contributed by atoms with Crippen molar-refractivity contribution in [2.75, 3.05) is 19.7 Å². The van der Waals surface area contributed by atoms with E-state index in [1.54, 1.807) is 4.90 Å². The minimum atomic E-state index is 0.213. The number of aliphatic hydroxyl groups is 1. The number of carbonyl (C=O) groups excluding carboxylic acids is 1. The molecule has 3 nitrogen and oxygen atoms in total. The lowest BCUT2D eigenvalue weighted by Crippen LogP contribution is -2.47. The number of hydrogen-bond acceptors (Lipinski definition) is 2. The van der Waals surface area contributed by atoms with Crippen LogP contribution in [-0.4, -0.2) is 36.1 Å². The van der Waals surface area contributed by atoms with Gasteiger partial charge < -0.3 is 10.0 Å². The predicted molar refractivity (Wildman–Crippen MR) is 28.2 cm³/mol. The standard InChI is InChI=1S/C5H9NO2/c7-3-5-1-6(2-5)4-8/h4-5,7H,1-3H2. The van der Waals surface area contributed by atoms with Crippen LogP contribution in [0.5, 0.6) is 0 Å². The molecular formula is C5H9NO2. The highest BCUT2D eigenvalue weighted by molar-refractivity contribution is 5.48. The zero-order valence-corrected chi connectivity index (χ0v) is 4.58. The van der Waals surface area contributed by atoms with Gasteiger partial charge in [-0.25, -0.2) is 0 Å². The van der Waals surface area contributed by atoms with Crippen molar-refractivity contribution in [3.05, 3.63) is 0 Å². The lowest BCUT2D eigenvalue weighted by atomic mass is 10.0. The van der Waals surface area contributed by atoms with Gasteiger partial charge in [-0.3, -0.25) is 4.79 Å². The van der Waals surface area contributed by atoms with Gasteiger partial charge in [-0.1, -0.05) is 0 Å². The molecule has 0 spiro atoms. The van der Waals surface area contributed by atoms with Crippen LogP contribution >= 0.6 is 0 Å².